The molecule has 1 saturated heterocycles. The van der Waals surface area contributed by atoms with Crippen LogP contribution in [0, 0.1) is 0 Å². The van der Waals surface area contributed by atoms with E-state index in [9.17, 15) is 4.79 Å². The molecule has 1 heterocycles. The fourth-order valence-corrected chi connectivity index (χ4v) is 2.53. The predicted octanol–water partition coefficient (Wildman–Crippen LogP) is 2.82. The van der Waals surface area contributed by atoms with Gasteiger partial charge in [-0.15, -0.1) is 0 Å². The van der Waals surface area contributed by atoms with Crippen molar-refractivity contribution in [1.82, 2.24) is 4.90 Å². The largest absolute Gasteiger partial charge is 0.465 e. The van der Waals surface area contributed by atoms with Gasteiger partial charge in [-0.1, -0.05) is 43.7 Å². The lowest BCUT2D eigenvalue weighted by molar-refractivity contribution is -0.144. The number of carbonyl (C=O) groups excluding carboxylic acids is 1. The van der Waals surface area contributed by atoms with Crippen molar-refractivity contribution in [2.45, 2.75) is 32.1 Å². The number of rotatable bonds is 6. The third kappa shape index (κ3) is 4.35. The molecule has 0 aliphatic carbocycles. The number of likely N-dealkylation sites (tertiary alicyclic amines) is 1. The molecule has 0 radical (unpaired) electrons. The van der Waals surface area contributed by atoms with Gasteiger partial charge in [-0.3, -0.25) is 9.69 Å². The smallest absolute Gasteiger partial charge is 0.320 e. The van der Waals surface area contributed by atoms with Crippen molar-refractivity contribution in [3.05, 3.63) is 35.9 Å². The van der Waals surface area contributed by atoms with Gasteiger partial charge in [0.1, 0.15) is 0 Å². The molecule has 2 rings (SSSR count). The number of benzene rings is 1. The zero-order valence-electron chi connectivity index (χ0n) is 11.7. The summed E-state index contributed by atoms with van der Waals surface area (Å²) in [6.07, 6.45) is 3.15. The van der Waals surface area contributed by atoms with Crippen LogP contribution in [0.25, 0.3) is 0 Å². The Morgan fingerprint density at radius 2 is 2.16 bits per heavy atom. The normalized spacial score (nSPS) is 19.5. The first-order valence-corrected chi connectivity index (χ1v) is 7.22. The Bertz CT molecular complexity index is 391. The van der Waals surface area contributed by atoms with Crippen molar-refractivity contribution in [1.29, 1.82) is 0 Å². The molecule has 0 unspecified atom stereocenters. The first kappa shape index (κ1) is 14.1. The molecule has 104 valence electrons. The van der Waals surface area contributed by atoms with Gasteiger partial charge in [0.05, 0.1) is 13.2 Å². The molecule has 1 fully saturated rings. The minimum absolute atomic E-state index is 0.0813. The molecule has 1 atom stereocenters. The summed E-state index contributed by atoms with van der Waals surface area (Å²) in [6, 6.07) is 10.6. The van der Waals surface area contributed by atoms with Crippen LogP contribution in [0.15, 0.2) is 30.3 Å². The number of hydrogen-bond acceptors (Lipinski definition) is 3. The van der Waals surface area contributed by atoms with Crippen LogP contribution in [0.3, 0.4) is 0 Å². The van der Waals surface area contributed by atoms with Crippen LogP contribution < -0.4 is 0 Å². The quantitative estimate of drug-likeness (QED) is 0.582. The third-order valence-corrected chi connectivity index (χ3v) is 3.66. The van der Waals surface area contributed by atoms with E-state index < -0.39 is 0 Å². The van der Waals surface area contributed by atoms with Crippen molar-refractivity contribution in [3.63, 3.8) is 0 Å². The molecular weight excluding hydrogens is 238 g/mol. The van der Waals surface area contributed by atoms with Gasteiger partial charge in [0.2, 0.25) is 0 Å². The van der Waals surface area contributed by atoms with Crippen LogP contribution in [0.5, 0.6) is 0 Å². The SMILES string of the molecule is CCCCOC(=O)CN1CC[C@H](c2ccccc2)C1. The predicted molar refractivity (Wildman–Crippen MR) is 76.1 cm³/mol. The van der Waals surface area contributed by atoms with Crippen molar-refractivity contribution < 1.29 is 9.53 Å². The molecular formula is C16H23NO2. The van der Waals surface area contributed by atoms with E-state index in [1.807, 2.05) is 6.07 Å². The highest BCUT2D eigenvalue weighted by Crippen LogP contribution is 2.26. The number of nitrogens with zero attached hydrogens (tertiary/aromatic N) is 1. The Kier molecular flexibility index (Phi) is 5.40. The van der Waals surface area contributed by atoms with Crippen molar-refractivity contribution in [2.24, 2.45) is 0 Å². The lowest BCUT2D eigenvalue weighted by atomic mass is 9.99. The molecule has 1 aliphatic heterocycles. The van der Waals surface area contributed by atoms with Gasteiger partial charge in [0.25, 0.3) is 0 Å². The number of unbranched alkanes of at least 4 members (excludes halogenated alkanes) is 1. The summed E-state index contributed by atoms with van der Waals surface area (Å²) in [6.45, 7) is 5.05. The van der Waals surface area contributed by atoms with E-state index in [1.54, 1.807) is 0 Å². The van der Waals surface area contributed by atoms with Crippen LogP contribution >= 0.6 is 0 Å². The number of esters is 1. The average Bonchev–Trinajstić information content (AvgIpc) is 2.88. The Hall–Kier alpha value is -1.35. The molecule has 0 amide bonds. The Morgan fingerprint density at radius 3 is 2.89 bits per heavy atom. The highest BCUT2D eigenvalue weighted by atomic mass is 16.5. The Morgan fingerprint density at radius 1 is 1.37 bits per heavy atom. The van der Waals surface area contributed by atoms with Crippen LogP contribution in [-0.2, 0) is 9.53 Å². The monoisotopic (exact) mass is 261 g/mol. The summed E-state index contributed by atoms with van der Waals surface area (Å²) < 4.78 is 5.20. The number of hydrogen-bond donors (Lipinski definition) is 0. The topological polar surface area (TPSA) is 29.5 Å². The standard InChI is InChI=1S/C16H23NO2/c1-2-3-11-19-16(18)13-17-10-9-15(12-17)14-7-5-4-6-8-14/h4-8,15H,2-3,9-13H2,1H3/t15-/m0/s1. The highest BCUT2D eigenvalue weighted by Gasteiger charge is 2.25. The third-order valence-electron chi connectivity index (χ3n) is 3.66. The molecule has 0 saturated carbocycles. The zero-order chi connectivity index (χ0) is 13.5. The molecule has 1 aromatic rings. The van der Waals surface area contributed by atoms with E-state index >= 15 is 0 Å². The molecule has 19 heavy (non-hydrogen) atoms. The van der Waals surface area contributed by atoms with E-state index in [0.29, 0.717) is 19.1 Å². The zero-order valence-corrected chi connectivity index (χ0v) is 11.7. The minimum atomic E-state index is -0.0813. The van der Waals surface area contributed by atoms with Gasteiger partial charge < -0.3 is 4.74 Å². The van der Waals surface area contributed by atoms with Crippen molar-refractivity contribution in [2.75, 3.05) is 26.2 Å². The molecule has 0 spiro atoms. The second-order valence-corrected chi connectivity index (χ2v) is 5.21. The fraction of sp³-hybridized carbons (Fsp3) is 0.562. The van der Waals surface area contributed by atoms with Gasteiger partial charge in [0.15, 0.2) is 0 Å². The van der Waals surface area contributed by atoms with Crippen LogP contribution in [0.4, 0.5) is 0 Å². The van der Waals surface area contributed by atoms with E-state index in [0.717, 1.165) is 32.4 Å². The molecule has 3 heteroatoms. The van der Waals surface area contributed by atoms with Crippen molar-refractivity contribution >= 4 is 5.97 Å². The first-order chi connectivity index (χ1) is 9.29. The summed E-state index contributed by atoms with van der Waals surface area (Å²) in [7, 11) is 0. The summed E-state index contributed by atoms with van der Waals surface area (Å²) in [5.74, 6) is 0.479. The van der Waals surface area contributed by atoms with Gasteiger partial charge in [-0.25, -0.2) is 0 Å². The highest BCUT2D eigenvalue weighted by molar-refractivity contribution is 5.71. The number of ether oxygens (including phenoxy) is 1. The molecule has 3 nitrogen and oxygen atoms in total. The van der Waals surface area contributed by atoms with E-state index in [1.165, 1.54) is 5.56 Å². The second kappa shape index (κ2) is 7.29. The Labute approximate surface area is 115 Å². The van der Waals surface area contributed by atoms with Crippen LogP contribution in [0.2, 0.25) is 0 Å². The summed E-state index contributed by atoms with van der Waals surface area (Å²) in [5, 5.41) is 0. The molecule has 0 bridgehead atoms. The maximum absolute atomic E-state index is 11.7. The van der Waals surface area contributed by atoms with Gasteiger partial charge in [0, 0.05) is 6.54 Å². The van der Waals surface area contributed by atoms with E-state index in [2.05, 4.69) is 36.1 Å². The van der Waals surface area contributed by atoms with Gasteiger partial charge in [-0.2, -0.15) is 0 Å². The first-order valence-electron chi connectivity index (χ1n) is 7.22. The molecule has 0 N–H and O–H groups in total. The van der Waals surface area contributed by atoms with E-state index in [4.69, 9.17) is 4.74 Å². The minimum Gasteiger partial charge on any atom is -0.465 e. The fourth-order valence-electron chi connectivity index (χ4n) is 2.53. The summed E-state index contributed by atoms with van der Waals surface area (Å²) >= 11 is 0. The summed E-state index contributed by atoms with van der Waals surface area (Å²) in [4.78, 5) is 13.9. The van der Waals surface area contributed by atoms with Crippen LogP contribution in [-0.4, -0.2) is 37.1 Å². The van der Waals surface area contributed by atoms with Gasteiger partial charge >= 0.3 is 5.97 Å². The van der Waals surface area contributed by atoms with E-state index in [-0.39, 0.29) is 5.97 Å². The van der Waals surface area contributed by atoms with Crippen LogP contribution in [0.1, 0.15) is 37.7 Å². The maximum Gasteiger partial charge on any atom is 0.320 e. The maximum atomic E-state index is 11.7. The molecule has 0 aromatic heterocycles. The number of carbonyl (C=O) groups is 1. The van der Waals surface area contributed by atoms with Crippen molar-refractivity contribution in [3.8, 4) is 0 Å². The molecule has 1 aromatic carbocycles. The summed E-state index contributed by atoms with van der Waals surface area (Å²) in [5.41, 5.74) is 1.38. The van der Waals surface area contributed by atoms with Gasteiger partial charge in [-0.05, 0) is 30.9 Å². The second-order valence-electron chi connectivity index (χ2n) is 5.21. The molecule has 1 aliphatic rings. The average molecular weight is 261 g/mol. The lowest BCUT2D eigenvalue weighted by Gasteiger charge is -2.15. The lowest BCUT2D eigenvalue weighted by Crippen LogP contribution is -2.29. The Balaban J connectivity index is 1.74.